The van der Waals surface area contributed by atoms with Gasteiger partial charge in [0.15, 0.2) is 0 Å². The van der Waals surface area contributed by atoms with Crippen molar-refractivity contribution in [3.8, 4) is 12.3 Å². The fourth-order valence-corrected chi connectivity index (χ4v) is 0.832. The smallest absolute Gasteiger partial charge is 0.0436 e. The molecule has 0 aliphatic heterocycles. The molecule has 11 heavy (non-hydrogen) atoms. The van der Waals surface area contributed by atoms with E-state index in [1.807, 2.05) is 32.2 Å². The first kappa shape index (κ1) is 7.81. The van der Waals surface area contributed by atoms with Gasteiger partial charge in [0, 0.05) is 17.8 Å². The van der Waals surface area contributed by atoms with Crippen molar-refractivity contribution in [2.45, 2.75) is 19.8 Å². The van der Waals surface area contributed by atoms with Crippen molar-refractivity contribution in [3.05, 3.63) is 29.6 Å². The van der Waals surface area contributed by atoms with E-state index in [2.05, 4.69) is 10.9 Å². The number of terminal acetylenes is 1. The summed E-state index contributed by atoms with van der Waals surface area (Å²) in [5.41, 5.74) is 2.14. The first-order chi connectivity index (χ1) is 5.24. The first-order valence-electron chi connectivity index (χ1n) is 3.62. The summed E-state index contributed by atoms with van der Waals surface area (Å²) in [6, 6.07) is 4.00. The molecule has 0 amide bonds. The normalized spacial score (nSPS) is 12.1. The second-order valence-electron chi connectivity index (χ2n) is 2.62. The van der Waals surface area contributed by atoms with Crippen LogP contribution in [0.3, 0.4) is 0 Å². The highest BCUT2D eigenvalue weighted by atomic mass is 14.7. The Morgan fingerprint density at radius 1 is 1.55 bits per heavy atom. The topological polar surface area (TPSA) is 12.9 Å². The minimum atomic E-state index is 0.170. The van der Waals surface area contributed by atoms with Gasteiger partial charge in [0.25, 0.3) is 0 Å². The van der Waals surface area contributed by atoms with Crippen molar-refractivity contribution in [2.75, 3.05) is 0 Å². The minimum Gasteiger partial charge on any atom is -0.261 e. The molecule has 56 valence electrons. The summed E-state index contributed by atoms with van der Waals surface area (Å²) in [5, 5.41) is 0. The van der Waals surface area contributed by atoms with Gasteiger partial charge in [0.1, 0.15) is 0 Å². The Hall–Kier alpha value is -1.29. The fourth-order valence-electron chi connectivity index (χ4n) is 0.832. The van der Waals surface area contributed by atoms with Gasteiger partial charge in [0.05, 0.1) is 0 Å². The predicted molar refractivity (Wildman–Crippen MR) is 46.2 cm³/mol. The Bertz CT molecular complexity index is 266. The molecule has 1 nitrogen and oxygen atoms in total. The zero-order chi connectivity index (χ0) is 8.27. The van der Waals surface area contributed by atoms with Gasteiger partial charge >= 0.3 is 0 Å². The van der Waals surface area contributed by atoms with E-state index in [1.54, 1.807) is 0 Å². The minimum absolute atomic E-state index is 0.170. The highest BCUT2D eigenvalue weighted by Crippen LogP contribution is 2.11. The van der Waals surface area contributed by atoms with Crippen LogP contribution in [0.5, 0.6) is 0 Å². The SMILES string of the molecule is C#CC(C)c1ccc(C)nc1. The fraction of sp³-hybridized carbons (Fsp3) is 0.300. The summed E-state index contributed by atoms with van der Waals surface area (Å²) in [6.07, 6.45) is 7.10. The van der Waals surface area contributed by atoms with Crippen LogP contribution in [-0.2, 0) is 0 Å². The molecule has 0 spiro atoms. The van der Waals surface area contributed by atoms with E-state index in [9.17, 15) is 0 Å². The van der Waals surface area contributed by atoms with Gasteiger partial charge in [0.2, 0.25) is 0 Å². The molecular formula is C10H11N. The van der Waals surface area contributed by atoms with Gasteiger partial charge in [-0.3, -0.25) is 4.98 Å². The second kappa shape index (κ2) is 3.21. The maximum atomic E-state index is 5.26. The van der Waals surface area contributed by atoms with E-state index < -0.39 is 0 Å². The van der Waals surface area contributed by atoms with Crippen molar-refractivity contribution >= 4 is 0 Å². The second-order valence-corrected chi connectivity index (χ2v) is 2.62. The Morgan fingerprint density at radius 3 is 2.73 bits per heavy atom. The van der Waals surface area contributed by atoms with E-state index in [1.165, 1.54) is 0 Å². The zero-order valence-electron chi connectivity index (χ0n) is 6.83. The summed E-state index contributed by atoms with van der Waals surface area (Å²) in [4.78, 5) is 4.15. The highest BCUT2D eigenvalue weighted by Gasteiger charge is 1.99. The quantitative estimate of drug-likeness (QED) is 0.552. The third kappa shape index (κ3) is 1.81. The summed E-state index contributed by atoms with van der Waals surface area (Å²) in [5.74, 6) is 2.83. The lowest BCUT2D eigenvalue weighted by molar-refractivity contribution is 0.980. The van der Waals surface area contributed by atoms with Crippen LogP contribution < -0.4 is 0 Å². The lowest BCUT2D eigenvalue weighted by Gasteiger charge is -2.02. The van der Waals surface area contributed by atoms with Gasteiger partial charge in [-0.15, -0.1) is 6.42 Å². The molecule has 0 bridgehead atoms. The number of pyridine rings is 1. The molecule has 0 saturated heterocycles. The maximum absolute atomic E-state index is 5.26. The third-order valence-electron chi connectivity index (χ3n) is 1.68. The van der Waals surface area contributed by atoms with Crippen LogP contribution in [0.1, 0.15) is 24.1 Å². The van der Waals surface area contributed by atoms with E-state index in [0.717, 1.165) is 11.3 Å². The van der Waals surface area contributed by atoms with Crippen LogP contribution in [0.2, 0.25) is 0 Å². The average molecular weight is 145 g/mol. The van der Waals surface area contributed by atoms with Crippen molar-refractivity contribution in [2.24, 2.45) is 0 Å². The number of rotatable bonds is 1. The molecule has 0 aromatic carbocycles. The molecule has 1 heterocycles. The van der Waals surface area contributed by atoms with E-state index in [0.29, 0.717) is 0 Å². The summed E-state index contributed by atoms with van der Waals surface area (Å²) in [7, 11) is 0. The van der Waals surface area contributed by atoms with Gasteiger partial charge in [-0.2, -0.15) is 0 Å². The lowest BCUT2D eigenvalue weighted by Crippen LogP contribution is -1.90. The van der Waals surface area contributed by atoms with Gasteiger partial charge in [-0.1, -0.05) is 12.0 Å². The number of aromatic nitrogens is 1. The molecule has 0 N–H and O–H groups in total. The third-order valence-corrected chi connectivity index (χ3v) is 1.68. The van der Waals surface area contributed by atoms with Crippen molar-refractivity contribution in [1.82, 2.24) is 4.98 Å². The summed E-state index contributed by atoms with van der Waals surface area (Å²) >= 11 is 0. The summed E-state index contributed by atoms with van der Waals surface area (Å²) < 4.78 is 0. The van der Waals surface area contributed by atoms with Crippen LogP contribution in [-0.4, -0.2) is 4.98 Å². The number of hydrogen-bond donors (Lipinski definition) is 0. The Kier molecular flexibility index (Phi) is 2.28. The van der Waals surface area contributed by atoms with Crippen LogP contribution in [0.25, 0.3) is 0 Å². The molecule has 0 aliphatic rings. The monoisotopic (exact) mass is 145 g/mol. The molecular weight excluding hydrogens is 134 g/mol. The Labute approximate surface area is 67.5 Å². The zero-order valence-corrected chi connectivity index (χ0v) is 6.83. The number of aryl methyl sites for hydroxylation is 1. The molecule has 1 rings (SSSR count). The predicted octanol–water partition coefficient (Wildman–Crippen LogP) is 2.13. The number of hydrogen-bond acceptors (Lipinski definition) is 1. The average Bonchev–Trinajstić information content (AvgIpc) is 2.05. The van der Waals surface area contributed by atoms with Gasteiger partial charge in [-0.05, 0) is 25.5 Å². The Balaban J connectivity index is 2.92. The standard InChI is InChI=1S/C10H11N/c1-4-8(2)10-6-5-9(3)11-7-10/h1,5-8H,2-3H3. The van der Waals surface area contributed by atoms with Crippen molar-refractivity contribution in [1.29, 1.82) is 0 Å². The van der Waals surface area contributed by atoms with Gasteiger partial charge in [-0.25, -0.2) is 0 Å². The highest BCUT2D eigenvalue weighted by molar-refractivity contribution is 5.23. The molecule has 0 fully saturated rings. The van der Waals surface area contributed by atoms with E-state index in [4.69, 9.17) is 6.42 Å². The molecule has 1 heteroatoms. The van der Waals surface area contributed by atoms with Gasteiger partial charge < -0.3 is 0 Å². The van der Waals surface area contributed by atoms with E-state index >= 15 is 0 Å². The van der Waals surface area contributed by atoms with Crippen molar-refractivity contribution in [3.63, 3.8) is 0 Å². The largest absolute Gasteiger partial charge is 0.261 e. The van der Waals surface area contributed by atoms with Crippen LogP contribution in [0.15, 0.2) is 18.3 Å². The number of nitrogens with zero attached hydrogens (tertiary/aromatic N) is 1. The molecule has 0 saturated carbocycles. The van der Waals surface area contributed by atoms with Crippen molar-refractivity contribution < 1.29 is 0 Å². The first-order valence-corrected chi connectivity index (χ1v) is 3.62. The Morgan fingerprint density at radius 2 is 2.27 bits per heavy atom. The molecule has 1 unspecified atom stereocenters. The molecule has 1 aromatic rings. The molecule has 1 atom stereocenters. The van der Waals surface area contributed by atoms with Crippen LogP contribution in [0.4, 0.5) is 0 Å². The maximum Gasteiger partial charge on any atom is 0.0436 e. The van der Waals surface area contributed by atoms with Crippen LogP contribution in [0, 0.1) is 19.3 Å². The van der Waals surface area contributed by atoms with Crippen LogP contribution >= 0.6 is 0 Å². The lowest BCUT2D eigenvalue weighted by atomic mass is 10.0. The van der Waals surface area contributed by atoms with E-state index in [-0.39, 0.29) is 5.92 Å². The summed E-state index contributed by atoms with van der Waals surface area (Å²) in [6.45, 7) is 3.96. The molecule has 0 radical (unpaired) electrons. The molecule has 1 aromatic heterocycles. The molecule has 0 aliphatic carbocycles.